The largest absolute Gasteiger partial charge is 0.369 e. The molecule has 0 radical (unpaired) electrons. The molecular weight excluding hydrogens is 433 g/mol. The summed E-state index contributed by atoms with van der Waals surface area (Å²) in [6.07, 6.45) is 1.86. The Kier molecular flexibility index (Phi) is 5.64. The summed E-state index contributed by atoms with van der Waals surface area (Å²) in [5, 5.41) is 28.8. The predicted molar refractivity (Wildman–Crippen MR) is 120 cm³/mol. The number of aromatic amines is 1. The van der Waals surface area contributed by atoms with Gasteiger partial charge in [0, 0.05) is 29.4 Å². The standard InChI is InChI=1S/C21H24FN7O2S/c1-29-19(18-6-5-14(23)13(22)9-31-18)16(8-25-29)26-20(30)17-10-32-21(27-17)11-3-2-4-15-12(11)7-24-28-15/h2-4,7-8,10,13-14,18,20,26,30H,5-6,9,23H2,1H3,(H,24,28)/t13-,14-,18+,20?/m1/s1. The number of thiazole rings is 1. The van der Waals surface area contributed by atoms with E-state index in [0.29, 0.717) is 24.2 Å². The van der Waals surface area contributed by atoms with Gasteiger partial charge in [-0.3, -0.25) is 9.78 Å². The topological polar surface area (TPSA) is 127 Å². The van der Waals surface area contributed by atoms with E-state index in [1.807, 2.05) is 23.6 Å². The third-order valence-corrected chi connectivity index (χ3v) is 6.68. The summed E-state index contributed by atoms with van der Waals surface area (Å²) in [5.74, 6) is 0. The van der Waals surface area contributed by atoms with Crippen molar-refractivity contribution in [2.24, 2.45) is 12.8 Å². The minimum atomic E-state index is -1.19. The fourth-order valence-electron chi connectivity index (χ4n) is 4.01. The van der Waals surface area contributed by atoms with Gasteiger partial charge >= 0.3 is 0 Å². The molecule has 32 heavy (non-hydrogen) atoms. The molecule has 0 bridgehead atoms. The average molecular weight is 458 g/mol. The minimum Gasteiger partial charge on any atom is -0.369 e. The maximum Gasteiger partial charge on any atom is 0.169 e. The minimum absolute atomic E-state index is 0.0615. The molecule has 0 saturated carbocycles. The molecule has 168 valence electrons. The van der Waals surface area contributed by atoms with Gasteiger partial charge in [-0.05, 0) is 18.9 Å². The molecular formula is C21H24FN7O2S. The molecule has 0 aliphatic carbocycles. The normalized spacial score (nSPS) is 22.7. The molecule has 3 aromatic heterocycles. The van der Waals surface area contributed by atoms with Gasteiger partial charge in [0.05, 0.1) is 35.9 Å². The smallest absolute Gasteiger partial charge is 0.169 e. The fourth-order valence-corrected chi connectivity index (χ4v) is 4.88. The monoisotopic (exact) mass is 457 g/mol. The molecule has 1 unspecified atom stereocenters. The van der Waals surface area contributed by atoms with Gasteiger partial charge in [0.1, 0.15) is 23.0 Å². The van der Waals surface area contributed by atoms with Crippen LogP contribution in [0.3, 0.4) is 0 Å². The number of aliphatic hydroxyl groups excluding tert-OH is 1. The molecule has 1 aliphatic rings. The molecule has 1 saturated heterocycles. The van der Waals surface area contributed by atoms with Crippen LogP contribution in [0.15, 0.2) is 36.0 Å². The first kappa shape index (κ1) is 21.0. The van der Waals surface area contributed by atoms with Crippen LogP contribution in [-0.4, -0.2) is 48.9 Å². The number of H-pyrrole nitrogens is 1. The number of hydrogen-bond acceptors (Lipinski definition) is 8. The number of ether oxygens (including phenoxy) is 1. The van der Waals surface area contributed by atoms with E-state index in [9.17, 15) is 9.50 Å². The van der Waals surface area contributed by atoms with Crippen LogP contribution in [0.2, 0.25) is 0 Å². The van der Waals surface area contributed by atoms with Gasteiger partial charge in [0.25, 0.3) is 0 Å². The van der Waals surface area contributed by atoms with Crippen molar-refractivity contribution >= 4 is 27.9 Å². The van der Waals surface area contributed by atoms with Crippen LogP contribution in [0.1, 0.15) is 36.6 Å². The molecule has 11 heteroatoms. The second-order valence-electron chi connectivity index (χ2n) is 7.91. The highest BCUT2D eigenvalue weighted by Gasteiger charge is 2.30. The number of nitrogens with one attached hydrogen (secondary N) is 2. The number of benzene rings is 1. The molecule has 1 aliphatic heterocycles. The first-order chi connectivity index (χ1) is 15.5. The van der Waals surface area contributed by atoms with Crippen LogP contribution < -0.4 is 11.1 Å². The number of fused-ring (bicyclic) bond motifs is 1. The molecule has 1 fully saturated rings. The van der Waals surface area contributed by atoms with E-state index >= 15 is 0 Å². The van der Waals surface area contributed by atoms with Crippen molar-refractivity contribution in [2.75, 3.05) is 11.9 Å². The van der Waals surface area contributed by atoms with Crippen molar-refractivity contribution in [3.8, 4) is 10.6 Å². The molecule has 5 rings (SSSR count). The number of alkyl halides is 1. The lowest BCUT2D eigenvalue weighted by atomic mass is 10.0. The van der Waals surface area contributed by atoms with E-state index < -0.39 is 18.4 Å². The number of halogens is 1. The third kappa shape index (κ3) is 3.88. The molecule has 4 aromatic rings. The van der Waals surface area contributed by atoms with E-state index in [-0.39, 0.29) is 12.7 Å². The summed E-state index contributed by atoms with van der Waals surface area (Å²) in [5.41, 5.74) is 9.58. The number of rotatable bonds is 5. The van der Waals surface area contributed by atoms with Crippen molar-refractivity contribution in [2.45, 2.75) is 37.4 Å². The Balaban J connectivity index is 1.36. The molecule has 0 amide bonds. The average Bonchev–Trinajstić information content (AvgIpc) is 3.51. The number of aliphatic hydroxyl groups is 1. The molecule has 5 N–H and O–H groups in total. The van der Waals surface area contributed by atoms with Gasteiger partial charge in [0.2, 0.25) is 0 Å². The summed E-state index contributed by atoms with van der Waals surface area (Å²) < 4.78 is 21.4. The van der Waals surface area contributed by atoms with E-state index in [2.05, 4.69) is 25.6 Å². The van der Waals surface area contributed by atoms with Crippen LogP contribution in [0, 0.1) is 0 Å². The lowest BCUT2D eigenvalue weighted by Crippen LogP contribution is -2.32. The molecule has 4 heterocycles. The number of nitrogens with zero attached hydrogens (tertiary/aromatic N) is 4. The zero-order valence-corrected chi connectivity index (χ0v) is 18.2. The highest BCUT2D eigenvalue weighted by Crippen LogP contribution is 2.35. The number of hydrogen-bond donors (Lipinski definition) is 4. The highest BCUT2D eigenvalue weighted by atomic mass is 32.1. The highest BCUT2D eigenvalue weighted by molar-refractivity contribution is 7.13. The van der Waals surface area contributed by atoms with Crippen LogP contribution in [0.25, 0.3) is 21.5 Å². The van der Waals surface area contributed by atoms with Crippen LogP contribution in [0.4, 0.5) is 10.1 Å². The van der Waals surface area contributed by atoms with Crippen LogP contribution in [-0.2, 0) is 11.8 Å². The van der Waals surface area contributed by atoms with Gasteiger partial charge in [0.15, 0.2) is 6.23 Å². The Morgan fingerprint density at radius 2 is 2.25 bits per heavy atom. The number of nitrogens with two attached hydrogens (primary N) is 1. The second-order valence-corrected chi connectivity index (χ2v) is 8.77. The number of aryl methyl sites for hydroxylation is 1. The summed E-state index contributed by atoms with van der Waals surface area (Å²) in [7, 11) is 1.79. The van der Waals surface area contributed by atoms with Crippen molar-refractivity contribution in [1.82, 2.24) is 25.0 Å². The Labute approximate surface area is 187 Å². The van der Waals surface area contributed by atoms with Crippen LogP contribution in [0.5, 0.6) is 0 Å². The third-order valence-electron chi connectivity index (χ3n) is 5.78. The summed E-state index contributed by atoms with van der Waals surface area (Å²) in [4.78, 5) is 4.63. The first-order valence-electron chi connectivity index (χ1n) is 10.4. The van der Waals surface area contributed by atoms with Crippen molar-refractivity contribution < 1.29 is 14.2 Å². The molecule has 9 nitrogen and oxygen atoms in total. The zero-order chi connectivity index (χ0) is 22.2. The van der Waals surface area contributed by atoms with E-state index in [0.717, 1.165) is 27.2 Å². The Hall–Kier alpha value is -2.86. The maximum absolute atomic E-state index is 14.0. The number of aromatic nitrogens is 5. The first-order valence-corrected chi connectivity index (χ1v) is 11.2. The van der Waals surface area contributed by atoms with Gasteiger partial charge in [-0.1, -0.05) is 12.1 Å². The maximum atomic E-state index is 14.0. The van der Waals surface area contributed by atoms with Crippen molar-refractivity contribution in [3.63, 3.8) is 0 Å². The fraction of sp³-hybridized carbons (Fsp3) is 0.381. The Bertz CT molecular complexity index is 1210. The van der Waals surface area contributed by atoms with Crippen molar-refractivity contribution in [3.05, 3.63) is 47.4 Å². The lowest BCUT2D eigenvalue weighted by molar-refractivity contribution is 0.0246. The second kappa shape index (κ2) is 8.58. The Morgan fingerprint density at radius 1 is 1.38 bits per heavy atom. The van der Waals surface area contributed by atoms with Gasteiger partial charge in [-0.25, -0.2) is 9.37 Å². The summed E-state index contributed by atoms with van der Waals surface area (Å²) in [6, 6.07) is 5.33. The van der Waals surface area contributed by atoms with Gasteiger partial charge in [-0.2, -0.15) is 10.2 Å². The summed E-state index contributed by atoms with van der Waals surface area (Å²) in [6.45, 7) is -0.0615. The molecule has 1 aromatic carbocycles. The molecule has 4 atom stereocenters. The quantitative estimate of drug-likeness (QED) is 0.339. The van der Waals surface area contributed by atoms with E-state index in [1.54, 1.807) is 24.1 Å². The molecule has 0 spiro atoms. The van der Waals surface area contributed by atoms with Crippen molar-refractivity contribution in [1.29, 1.82) is 0 Å². The zero-order valence-electron chi connectivity index (χ0n) is 17.4. The predicted octanol–water partition coefficient (Wildman–Crippen LogP) is 3.04. The van der Waals surface area contributed by atoms with E-state index in [4.69, 9.17) is 10.5 Å². The van der Waals surface area contributed by atoms with Gasteiger partial charge in [-0.15, -0.1) is 11.3 Å². The Morgan fingerprint density at radius 3 is 3.12 bits per heavy atom. The number of anilines is 1. The van der Waals surface area contributed by atoms with Gasteiger partial charge < -0.3 is 20.9 Å². The SMILES string of the molecule is Cn1ncc(NC(O)c2csc(-c3cccc4[nH]ncc34)n2)c1[C@@H]1CC[C@@H](N)[C@H](F)CO1. The van der Waals surface area contributed by atoms with Crippen LogP contribution >= 0.6 is 11.3 Å². The van der Waals surface area contributed by atoms with E-state index in [1.165, 1.54) is 11.3 Å². The lowest BCUT2D eigenvalue weighted by Gasteiger charge is -2.19. The summed E-state index contributed by atoms with van der Waals surface area (Å²) >= 11 is 1.45.